The standard InChI is InChI=1S/C39H54O23/c1-52-18-5-13(4-17(42)35(18)61-39-32(51)29(48)26(45)23(60-39)12-57-37-30(49)27(46)24(43)21(8-40)58-37)33-15-10-56-34(16(15)11-55-33)14-6-19(53-2)36(20(7-14)54-3)62-38-31(50)28(47)25(44)22(9-41)59-38/h4-7,15-16,21-34,37-51H,8-12H2,1-3H3/t15-,16-,21+,22+,23+,24+,25+,26+,27-,28-,29-,30+,31+,32+,33-,34+,37+,38-,39-/m0/s1. The van der Waals surface area contributed by atoms with E-state index in [0.717, 1.165) is 0 Å². The zero-order valence-electron chi connectivity index (χ0n) is 33.7. The van der Waals surface area contributed by atoms with Crippen LogP contribution < -0.4 is 23.7 Å². The zero-order valence-corrected chi connectivity index (χ0v) is 33.7. The molecule has 5 aliphatic rings. The highest BCUT2D eigenvalue weighted by Crippen LogP contribution is 2.54. The van der Waals surface area contributed by atoms with Crippen LogP contribution in [0.3, 0.4) is 0 Å². The lowest BCUT2D eigenvalue weighted by molar-refractivity contribution is -0.323. The SMILES string of the molecule is COc1cc([C@@H]2OC[C@H]3[C@@H]2CO[C@@H]3c2cc(OC)c(O[C@@H]3O[C@H](CO)[C@@H](O)[C@H](O)[C@H]3O)c(OC)c2)cc(O)c1O[C@@H]1O[C@H](CO[C@@H]2O[C@H](CO)[C@@H](O)[C@H](O)[C@H]2O)[C@@H](O)[C@H](O)[C@H]1O. The van der Waals surface area contributed by atoms with Crippen LogP contribution in [0.2, 0.25) is 0 Å². The molecule has 2 aromatic rings. The van der Waals surface area contributed by atoms with E-state index in [-0.39, 0.29) is 53.8 Å². The maximum atomic E-state index is 11.3. The van der Waals surface area contributed by atoms with E-state index in [1.54, 1.807) is 18.2 Å². The fourth-order valence-corrected chi connectivity index (χ4v) is 8.40. The quantitative estimate of drug-likeness (QED) is 0.0853. The molecule has 0 saturated carbocycles. The summed E-state index contributed by atoms with van der Waals surface area (Å²) in [6.45, 7) is -1.51. The Labute approximate surface area is 353 Å². The van der Waals surface area contributed by atoms with Crippen LogP contribution in [-0.4, -0.2) is 208 Å². The molecule has 23 nitrogen and oxygen atoms in total. The van der Waals surface area contributed by atoms with Crippen LogP contribution in [0.5, 0.6) is 34.5 Å². The summed E-state index contributed by atoms with van der Waals surface area (Å²) >= 11 is 0. The molecule has 2 aromatic carbocycles. The first kappa shape index (κ1) is 46.5. The van der Waals surface area contributed by atoms with Crippen molar-refractivity contribution in [3.05, 3.63) is 35.4 Å². The van der Waals surface area contributed by atoms with Gasteiger partial charge in [0.2, 0.25) is 24.1 Å². The van der Waals surface area contributed by atoms with Crippen molar-refractivity contribution in [3.8, 4) is 34.5 Å². The third kappa shape index (κ3) is 8.71. The summed E-state index contributed by atoms with van der Waals surface area (Å²) in [5.74, 6) is -0.917. The third-order valence-electron chi connectivity index (χ3n) is 11.9. The van der Waals surface area contributed by atoms with Gasteiger partial charge >= 0.3 is 0 Å². The number of aliphatic hydroxyl groups excluding tert-OH is 11. The van der Waals surface area contributed by atoms with Crippen LogP contribution in [-0.2, 0) is 28.4 Å². The molecule has 0 aromatic heterocycles. The highest BCUT2D eigenvalue weighted by atomic mass is 16.7. The van der Waals surface area contributed by atoms with E-state index in [1.165, 1.54) is 27.4 Å². The lowest BCUT2D eigenvalue weighted by Crippen LogP contribution is -2.62. The van der Waals surface area contributed by atoms with Gasteiger partial charge < -0.3 is 113 Å². The normalized spacial score (nSPS) is 40.8. The molecule has 0 radical (unpaired) electrons. The van der Waals surface area contributed by atoms with Gasteiger partial charge in [-0.1, -0.05) is 0 Å². The van der Waals surface area contributed by atoms with Crippen molar-refractivity contribution in [1.82, 2.24) is 0 Å². The number of ether oxygens (including phenoxy) is 11. The van der Waals surface area contributed by atoms with Crippen LogP contribution in [0.1, 0.15) is 23.3 Å². The van der Waals surface area contributed by atoms with Crippen LogP contribution in [0.15, 0.2) is 24.3 Å². The predicted octanol–water partition coefficient (Wildman–Crippen LogP) is -4.33. The Balaban J connectivity index is 1.04. The number of methoxy groups -OCH3 is 3. The van der Waals surface area contributed by atoms with Gasteiger partial charge in [-0.05, 0) is 35.4 Å². The molecule has 0 spiro atoms. The fraction of sp³-hybridized carbons (Fsp3) is 0.692. The number of aromatic hydroxyl groups is 1. The van der Waals surface area contributed by atoms with Gasteiger partial charge in [0.25, 0.3) is 0 Å². The van der Waals surface area contributed by atoms with Gasteiger partial charge in [0, 0.05) is 11.8 Å². The van der Waals surface area contributed by atoms with Gasteiger partial charge in [-0.15, -0.1) is 0 Å². The lowest BCUT2D eigenvalue weighted by Gasteiger charge is -2.42. The van der Waals surface area contributed by atoms with E-state index < -0.39 is 130 Å². The minimum atomic E-state index is -1.85. The van der Waals surface area contributed by atoms with E-state index in [0.29, 0.717) is 11.1 Å². The highest BCUT2D eigenvalue weighted by Gasteiger charge is 2.51. The van der Waals surface area contributed by atoms with Gasteiger partial charge in [-0.2, -0.15) is 0 Å². The first-order valence-electron chi connectivity index (χ1n) is 19.8. The second-order valence-corrected chi connectivity index (χ2v) is 15.6. The number of fused-ring (bicyclic) bond motifs is 1. The molecule has 0 unspecified atom stereocenters. The molecule has 5 heterocycles. The largest absolute Gasteiger partial charge is 0.504 e. The Bertz CT molecular complexity index is 1790. The maximum absolute atomic E-state index is 11.3. The minimum absolute atomic E-state index is 0.0109. The number of benzene rings is 2. The van der Waals surface area contributed by atoms with Crippen molar-refractivity contribution >= 4 is 0 Å². The molecule has 23 heteroatoms. The van der Waals surface area contributed by atoms with Crippen LogP contribution in [0.25, 0.3) is 0 Å². The zero-order chi connectivity index (χ0) is 44.7. The molecule has 5 aliphatic heterocycles. The molecule has 7 rings (SSSR count). The summed E-state index contributed by atoms with van der Waals surface area (Å²) in [5.41, 5.74) is 1.10. The Morgan fingerprint density at radius 3 is 1.35 bits per heavy atom. The summed E-state index contributed by atoms with van der Waals surface area (Å²) in [6, 6.07) is 6.21. The Kier molecular flexibility index (Phi) is 14.5. The molecule has 0 aliphatic carbocycles. The molecule has 348 valence electrons. The summed E-state index contributed by atoms with van der Waals surface area (Å²) in [7, 11) is 4.07. The Morgan fingerprint density at radius 2 is 0.887 bits per heavy atom. The second kappa shape index (κ2) is 19.3. The van der Waals surface area contributed by atoms with E-state index >= 15 is 0 Å². The van der Waals surface area contributed by atoms with E-state index in [4.69, 9.17) is 52.1 Å². The predicted molar refractivity (Wildman–Crippen MR) is 200 cm³/mol. The van der Waals surface area contributed by atoms with E-state index in [2.05, 4.69) is 0 Å². The molecular weight excluding hydrogens is 836 g/mol. The van der Waals surface area contributed by atoms with Gasteiger partial charge in [-0.3, -0.25) is 0 Å². The van der Waals surface area contributed by atoms with Crippen molar-refractivity contribution < 1.29 is 113 Å². The third-order valence-corrected chi connectivity index (χ3v) is 11.9. The van der Waals surface area contributed by atoms with Crippen LogP contribution in [0.4, 0.5) is 0 Å². The average Bonchev–Trinajstić information content (AvgIpc) is 3.89. The number of phenolic OH excluding ortho intramolecular Hbond substituents is 1. The molecule has 0 amide bonds. The van der Waals surface area contributed by atoms with Crippen molar-refractivity contribution in [3.63, 3.8) is 0 Å². The van der Waals surface area contributed by atoms with Gasteiger partial charge in [0.15, 0.2) is 29.3 Å². The number of hydrogen-bond donors (Lipinski definition) is 12. The molecule has 12 N–H and O–H groups in total. The van der Waals surface area contributed by atoms with Crippen LogP contribution in [0, 0.1) is 11.8 Å². The van der Waals surface area contributed by atoms with E-state index in [1.807, 2.05) is 0 Å². The molecule has 62 heavy (non-hydrogen) atoms. The van der Waals surface area contributed by atoms with Crippen molar-refractivity contribution in [2.75, 3.05) is 54.4 Å². The maximum Gasteiger partial charge on any atom is 0.229 e. The minimum Gasteiger partial charge on any atom is -0.504 e. The highest BCUT2D eigenvalue weighted by molar-refractivity contribution is 5.55. The molecule has 5 saturated heterocycles. The smallest absolute Gasteiger partial charge is 0.229 e. The van der Waals surface area contributed by atoms with Crippen LogP contribution >= 0.6 is 0 Å². The van der Waals surface area contributed by atoms with Crippen molar-refractivity contribution in [2.24, 2.45) is 11.8 Å². The number of phenols is 1. The van der Waals surface area contributed by atoms with Crippen molar-refractivity contribution in [1.29, 1.82) is 0 Å². The molecule has 5 fully saturated rings. The molecule has 19 atom stereocenters. The van der Waals surface area contributed by atoms with Gasteiger partial charge in [0.05, 0.1) is 66.6 Å². The number of hydrogen-bond acceptors (Lipinski definition) is 23. The lowest BCUT2D eigenvalue weighted by atomic mass is 9.84. The summed E-state index contributed by atoms with van der Waals surface area (Å²) in [5, 5.41) is 124. The average molecular weight is 891 g/mol. The summed E-state index contributed by atoms with van der Waals surface area (Å²) < 4.78 is 63.1. The number of aliphatic hydroxyl groups is 11. The summed E-state index contributed by atoms with van der Waals surface area (Å²) in [4.78, 5) is 0. The van der Waals surface area contributed by atoms with E-state index in [9.17, 15) is 61.3 Å². The monoisotopic (exact) mass is 890 g/mol. The summed E-state index contributed by atoms with van der Waals surface area (Å²) in [6.07, 6.45) is -25.4. The second-order valence-electron chi connectivity index (χ2n) is 15.6. The van der Waals surface area contributed by atoms with Crippen molar-refractivity contribution in [2.45, 2.75) is 104 Å². The topological polar surface area (TPSA) is 344 Å². The molecular formula is C39H54O23. The van der Waals surface area contributed by atoms with Gasteiger partial charge in [-0.25, -0.2) is 0 Å². The first-order valence-corrected chi connectivity index (χ1v) is 19.8. The first-order chi connectivity index (χ1) is 29.6. The van der Waals surface area contributed by atoms with Gasteiger partial charge in [0.1, 0.15) is 73.2 Å². The number of rotatable bonds is 14. The fourth-order valence-electron chi connectivity index (χ4n) is 8.40. The molecule has 0 bridgehead atoms. The Hall–Kier alpha value is -3.44. The Morgan fingerprint density at radius 1 is 0.500 bits per heavy atom.